The van der Waals surface area contributed by atoms with Gasteiger partial charge in [-0.2, -0.15) is 0 Å². The van der Waals surface area contributed by atoms with Gasteiger partial charge >= 0.3 is 0 Å². The summed E-state index contributed by atoms with van der Waals surface area (Å²) < 4.78 is 0. The molecule has 0 amide bonds. The lowest BCUT2D eigenvalue weighted by Crippen LogP contribution is -2.52. The second-order valence-corrected chi connectivity index (χ2v) is 6.89. The first-order valence-electron chi connectivity index (χ1n) is 7.08. The Bertz CT molecular complexity index is 528. The van der Waals surface area contributed by atoms with E-state index in [1.54, 1.807) is 0 Å². The molecule has 0 aliphatic carbocycles. The van der Waals surface area contributed by atoms with Gasteiger partial charge < -0.3 is 15.5 Å². The van der Waals surface area contributed by atoms with Crippen LogP contribution in [-0.4, -0.2) is 55.2 Å². The first kappa shape index (κ1) is 13.8. The Balaban J connectivity index is 1.95. The van der Waals surface area contributed by atoms with Crippen molar-refractivity contribution in [3.05, 3.63) is 29.8 Å². The van der Waals surface area contributed by atoms with Crippen LogP contribution in [0.2, 0.25) is 0 Å². The molecule has 1 unspecified atom stereocenters. The first-order valence-corrected chi connectivity index (χ1v) is 8.07. The molecule has 0 aromatic heterocycles. The molecule has 1 atom stereocenters. The predicted molar refractivity (Wildman–Crippen MR) is 85.2 cm³/mol. The quantitative estimate of drug-likeness (QED) is 0.918. The zero-order valence-electron chi connectivity index (χ0n) is 12.2. The number of benzene rings is 1. The van der Waals surface area contributed by atoms with Gasteiger partial charge in [-0.25, -0.2) is 0 Å². The molecule has 4 nitrogen and oxygen atoms in total. The van der Waals surface area contributed by atoms with Crippen molar-refractivity contribution in [3.63, 3.8) is 0 Å². The van der Waals surface area contributed by atoms with Crippen LogP contribution >= 0.6 is 11.8 Å². The highest BCUT2D eigenvalue weighted by molar-refractivity contribution is 7.99. The molecule has 0 saturated heterocycles. The lowest BCUT2D eigenvalue weighted by molar-refractivity contribution is 0.175. The Morgan fingerprint density at radius 2 is 2.20 bits per heavy atom. The Kier molecular flexibility index (Phi) is 3.65. The summed E-state index contributed by atoms with van der Waals surface area (Å²) in [6.45, 7) is 2.72. The van der Waals surface area contributed by atoms with E-state index in [0.29, 0.717) is 5.96 Å². The highest BCUT2D eigenvalue weighted by atomic mass is 32.2. The van der Waals surface area contributed by atoms with Gasteiger partial charge in [0.25, 0.3) is 0 Å². The summed E-state index contributed by atoms with van der Waals surface area (Å²) in [4.78, 5) is 10.5. The number of nitrogens with zero attached hydrogens (tertiary/aromatic N) is 3. The van der Waals surface area contributed by atoms with Crippen molar-refractivity contribution in [2.45, 2.75) is 16.9 Å². The molecular weight excluding hydrogens is 268 g/mol. The smallest absolute Gasteiger partial charge is 0.192 e. The SMILES string of the molecule is CN(C)CCN1C(N)=NCC12CCSc1ccccc12. The highest BCUT2D eigenvalue weighted by Crippen LogP contribution is 2.45. The molecule has 0 fully saturated rings. The van der Waals surface area contributed by atoms with Crippen LogP contribution in [0.4, 0.5) is 0 Å². The molecule has 2 heterocycles. The summed E-state index contributed by atoms with van der Waals surface area (Å²) in [5, 5.41) is 0. The summed E-state index contributed by atoms with van der Waals surface area (Å²) in [5.41, 5.74) is 7.57. The Labute approximate surface area is 125 Å². The van der Waals surface area contributed by atoms with Crippen LogP contribution in [0.15, 0.2) is 34.2 Å². The van der Waals surface area contributed by atoms with Gasteiger partial charge in [-0.3, -0.25) is 4.99 Å². The molecular formula is C15H22N4S. The van der Waals surface area contributed by atoms with Crippen molar-refractivity contribution in [1.29, 1.82) is 0 Å². The number of hydrogen-bond donors (Lipinski definition) is 1. The fraction of sp³-hybridized carbons (Fsp3) is 0.533. The Hall–Kier alpha value is -1.20. The van der Waals surface area contributed by atoms with E-state index in [2.05, 4.69) is 53.2 Å². The van der Waals surface area contributed by atoms with E-state index in [4.69, 9.17) is 5.73 Å². The van der Waals surface area contributed by atoms with Crippen LogP contribution < -0.4 is 5.73 Å². The molecule has 2 aliphatic rings. The first-order chi connectivity index (χ1) is 9.63. The van der Waals surface area contributed by atoms with Crippen LogP contribution in [0.25, 0.3) is 0 Å². The fourth-order valence-corrected chi connectivity index (χ4v) is 4.36. The van der Waals surface area contributed by atoms with Crippen molar-refractivity contribution < 1.29 is 0 Å². The molecule has 1 spiro atoms. The topological polar surface area (TPSA) is 44.9 Å². The number of rotatable bonds is 3. The zero-order chi connectivity index (χ0) is 14.2. The summed E-state index contributed by atoms with van der Waals surface area (Å²) in [6.07, 6.45) is 1.12. The lowest BCUT2D eigenvalue weighted by atomic mass is 9.85. The maximum Gasteiger partial charge on any atom is 0.192 e. The maximum atomic E-state index is 6.18. The normalized spacial score (nSPS) is 25.1. The third-order valence-corrected chi connectivity index (χ3v) is 5.30. The average molecular weight is 290 g/mol. The Morgan fingerprint density at radius 3 is 3.00 bits per heavy atom. The standard InChI is InChI=1S/C15H22N4S/c1-18(2)8-9-19-14(16)17-11-15(19)7-10-20-13-6-4-3-5-12(13)15/h3-6H,7-11H2,1-2H3,(H2,16,17). The fourth-order valence-electron chi connectivity index (χ4n) is 3.12. The van der Waals surface area contributed by atoms with Crippen molar-refractivity contribution in [2.24, 2.45) is 10.7 Å². The monoisotopic (exact) mass is 290 g/mol. The van der Waals surface area contributed by atoms with E-state index >= 15 is 0 Å². The minimum absolute atomic E-state index is 0.0120. The molecule has 5 heteroatoms. The van der Waals surface area contributed by atoms with Crippen LogP contribution in [0.5, 0.6) is 0 Å². The molecule has 2 aliphatic heterocycles. The molecule has 0 bridgehead atoms. The Morgan fingerprint density at radius 1 is 1.40 bits per heavy atom. The van der Waals surface area contributed by atoms with Crippen LogP contribution in [0, 0.1) is 0 Å². The number of hydrogen-bond acceptors (Lipinski definition) is 5. The minimum Gasteiger partial charge on any atom is -0.370 e. The van der Waals surface area contributed by atoms with E-state index < -0.39 is 0 Å². The van der Waals surface area contributed by atoms with E-state index in [1.807, 2.05) is 11.8 Å². The summed E-state index contributed by atoms with van der Waals surface area (Å²) in [6, 6.07) is 8.72. The van der Waals surface area contributed by atoms with Gasteiger partial charge in [-0.15, -0.1) is 11.8 Å². The summed E-state index contributed by atoms with van der Waals surface area (Å²) in [7, 11) is 4.20. The third-order valence-electron chi connectivity index (χ3n) is 4.23. The van der Waals surface area contributed by atoms with Crippen molar-refractivity contribution in [2.75, 3.05) is 39.5 Å². The van der Waals surface area contributed by atoms with Crippen molar-refractivity contribution in [1.82, 2.24) is 9.80 Å². The zero-order valence-corrected chi connectivity index (χ0v) is 13.0. The molecule has 1 aromatic rings. The largest absolute Gasteiger partial charge is 0.370 e. The predicted octanol–water partition coefficient (Wildman–Crippen LogP) is 1.57. The second-order valence-electron chi connectivity index (χ2n) is 5.76. The number of aliphatic imine (C=N–C) groups is 1. The number of fused-ring (bicyclic) bond motifs is 2. The molecule has 3 rings (SSSR count). The van der Waals surface area contributed by atoms with Gasteiger partial charge in [0.2, 0.25) is 0 Å². The number of thioether (sulfide) groups is 1. The van der Waals surface area contributed by atoms with Gasteiger partial charge in [0, 0.05) is 23.7 Å². The average Bonchev–Trinajstić information content (AvgIpc) is 2.75. The molecule has 2 N–H and O–H groups in total. The number of guanidine groups is 1. The number of nitrogens with two attached hydrogens (primary N) is 1. The molecule has 1 aromatic carbocycles. The van der Waals surface area contributed by atoms with E-state index in [1.165, 1.54) is 10.5 Å². The third kappa shape index (κ3) is 2.19. The summed E-state index contributed by atoms with van der Waals surface area (Å²) in [5.74, 6) is 1.84. The number of likely N-dealkylation sites (N-methyl/N-ethyl adjacent to an activating group) is 1. The summed E-state index contributed by atoms with van der Waals surface area (Å²) >= 11 is 1.95. The van der Waals surface area contributed by atoms with Crippen LogP contribution in [0.1, 0.15) is 12.0 Å². The van der Waals surface area contributed by atoms with Crippen LogP contribution in [-0.2, 0) is 5.54 Å². The van der Waals surface area contributed by atoms with E-state index in [9.17, 15) is 0 Å². The van der Waals surface area contributed by atoms with Gasteiger partial charge in [-0.1, -0.05) is 18.2 Å². The molecule has 0 radical (unpaired) electrons. The van der Waals surface area contributed by atoms with Crippen LogP contribution in [0.3, 0.4) is 0 Å². The molecule has 20 heavy (non-hydrogen) atoms. The van der Waals surface area contributed by atoms with E-state index in [-0.39, 0.29) is 5.54 Å². The van der Waals surface area contributed by atoms with Gasteiger partial charge in [0.15, 0.2) is 5.96 Å². The van der Waals surface area contributed by atoms with Gasteiger partial charge in [0.1, 0.15) is 0 Å². The second kappa shape index (κ2) is 5.30. The molecule has 108 valence electrons. The van der Waals surface area contributed by atoms with Crippen molar-refractivity contribution in [3.8, 4) is 0 Å². The van der Waals surface area contributed by atoms with Gasteiger partial charge in [0.05, 0.1) is 12.1 Å². The maximum absolute atomic E-state index is 6.18. The molecule has 0 saturated carbocycles. The minimum atomic E-state index is -0.0120. The highest BCUT2D eigenvalue weighted by Gasteiger charge is 2.46. The van der Waals surface area contributed by atoms with E-state index in [0.717, 1.165) is 31.8 Å². The van der Waals surface area contributed by atoms with Gasteiger partial charge in [-0.05, 0) is 32.1 Å². The lowest BCUT2D eigenvalue weighted by Gasteiger charge is -2.43. The van der Waals surface area contributed by atoms with Crippen molar-refractivity contribution >= 4 is 17.7 Å².